The van der Waals surface area contributed by atoms with Crippen molar-refractivity contribution in [1.29, 1.82) is 0 Å². The molecule has 0 radical (unpaired) electrons. The number of hydrogen-bond donors (Lipinski definition) is 0. The highest BCUT2D eigenvalue weighted by atomic mass is 16.5. The molecule has 2 aliphatic rings. The topological polar surface area (TPSA) is 45.9 Å². The number of hydrogen-bond acceptors (Lipinski definition) is 4. The van der Waals surface area contributed by atoms with Gasteiger partial charge in [0.05, 0.1) is 19.7 Å². The van der Waals surface area contributed by atoms with Crippen molar-refractivity contribution in [3.63, 3.8) is 0 Å². The van der Waals surface area contributed by atoms with Crippen LogP contribution >= 0.6 is 0 Å². The van der Waals surface area contributed by atoms with Gasteiger partial charge in [0.1, 0.15) is 11.5 Å². The molecule has 27 heavy (non-hydrogen) atoms. The third-order valence-corrected chi connectivity index (χ3v) is 5.69. The molecule has 4 rings (SSSR count). The van der Waals surface area contributed by atoms with E-state index in [1.165, 1.54) is 12.8 Å². The van der Waals surface area contributed by atoms with Crippen LogP contribution in [-0.2, 0) is 6.54 Å². The van der Waals surface area contributed by atoms with Crippen LogP contribution < -0.4 is 4.74 Å². The molecule has 5 nitrogen and oxygen atoms in total. The Bertz CT molecular complexity index is 779. The Morgan fingerprint density at radius 1 is 1.11 bits per heavy atom. The van der Waals surface area contributed by atoms with Gasteiger partial charge in [-0.05, 0) is 75.0 Å². The Morgan fingerprint density at radius 2 is 1.93 bits per heavy atom. The number of nitrogens with zero attached hydrogens (tertiary/aromatic N) is 2. The monoisotopic (exact) mass is 368 g/mol. The minimum Gasteiger partial charge on any atom is -0.497 e. The molecule has 0 bridgehead atoms. The van der Waals surface area contributed by atoms with Crippen LogP contribution in [0.1, 0.15) is 60.0 Å². The van der Waals surface area contributed by atoms with E-state index in [0.717, 1.165) is 62.5 Å². The number of ether oxygens (including phenoxy) is 1. The fraction of sp³-hybridized carbons (Fsp3) is 0.500. The number of piperidine rings is 1. The number of methoxy groups -OCH3 is 1. The third-order valence-electron chi connectivity index (χ3n) is 5.69. The highest BCUT2D eigenvalue weighted by Crippen LogP contribution is 2.34. The molecule has 1 atom stereocenters. The van der Waals surface area contributed by atoms with Crippen LogP contribution in [0, 0.1) is 0 Å². The summed E-state index contributed by atoms with van der Waals surface area (Å²) in [5, 5.41) is 0. The molecule has 0 saturated carbocycles. The average Bonchev–Trinajstić information content (AvgIpc) is 3.40. The van der Waals surface area contributed by atoms with E-state index in [2.05, 4.69) is 11.0 Å². The summed E-state index contributed by atoms with van der Waals surface area (Å²) in [6.45, 7) is 3.80. The van der Waals surface area contributed by atoms with E-state index >= 15 is 0 Å². The van der Waals surface area contributed by atoms with Gasteiger partial charge < -0.3 is 14.1 Å². The van der Waals surface area contributed by atoms with Crippen LogP contribution in [0.25, 0.3) is 0 Å². The maximum Gasteiger partial charge on any atom is 0.290 e. The molecule has 2 aliphatic heterocycles. The highest BCUT2D eigenvalue weighted by Gasteiger charge is 2.30. The third kappa shape index (κ3) is 4.03. The van der Waals surface area contributed by atoms with Crippen LogP contribution in [0.4, 0.5) is 0 Å². The summed E-state index contributed by atoms with van der Waals surface area (Å²) in [4.78, 5) is 17.5. The fourth-order valence-corrected chi connectivity index (χ4v) is 4.25. The van der Waals surface area contributed by atoms with Gasteiger partial charge in [-0.3, -0.25) is 9.69 Å². The zero-order chi connectivity index (χ0) is 18.6. The lowest BCUT2D eigenvalue weighted by Crippen LogP contribution is -2.38. The zero-order valence-electron chi connectivity index (χ0n) is 16.0. The number of benzene rings is 1. The quantitative estimate of drug-likeness (QED) is 0.791. The van der Waals surface area contributed by atoms with Crippen LogP contribution in [-0.4, -0.2) is 42.5 Å². The van der Waals surface area contributed by atoms with Crippen molar-refractivity contribution in [3.8, 4) is 5.75 Å². The minimum absolute atomic E-state index is 0.00445. The van der Waals surface area contributed by atoms with Crippen molar-refractivity contribution in [2.24, 2.45) is 0 Å². The van der Waals surface area contributed by atoms with Gasteiger partial charge in [-0.2, -0.15) is 0 Å². The van der Waals surface area contributed by atoms with E-state index in [9.17, 15) is 4.79 Å². The Morgan fingerprint density at radius 3 is 2.74 bits per heavy atom. The van der Waals surface area contributed by atoms with Gasteiger partial charge in [0.25, 0.3) is 5.91 Å². The van der Waals surface area contributed by atoms with E-state index in [4.69, 9.17) is 9.15 Å². The molecule has 2 fully saturated rings. The largest absolute Gasteiger partial charge is 0.497 e. The maximum absolute atomic E-state index is 13.2. The predicted molar refractivity (Wildman–Crippen MR) is 104 cm³/mol. The van der Waals surface area contributed by atoms with Gasteiger partial charge in [0.15, 0.2) is 5.76 Å². The second kappa shape index (κ2) is 8.17. The summed E-state index contributed by atoms with van der Waals surface area (Å²) in [5.74, 6) is 2.17. The second-order valence-electron chi connectivity index (χ2n) is 7.54. The summed E-state index contributed by atoms with van der Waals surface area (Å²) in [7, 11) is 1.67. The predicted octanol–water partition coefficient (Wildman–Crippen LogP) is 4.25. The minimum atomic E-state index is -0.00445. The van der Waals surface area contributed by atoms with Gasteiger partial charge in [-0.15, -0.1) is 0 Å². The average molecular weight is 368 g/mol. The molecule has 0 N–H and O–H groups in total. The molecule has 1 amide bonds. The molecular weight excluding hydrogens is 340 g/mol. The van der Waals surface area contributed by atoms with Crippen molar-refractivity contribution in [3.05, 3.63) is 53.5 Å². The SMILES string of the molecule is COc1cccc(C2CCCCN2C(=O)c2ccc(CN3CCCC3)o2)c1. The number of carbonyl (C=O) groups is 1. The molecule has 144 valence electrons. The summed E-state index contributed by atoms with van der Waals surface area (Å²) in [6.07, 6.45) is 5.64. The first-order chi connectivity index (χ1) is 13.2. The number of rotatable bonds is 5. The second-order valence-corrected chi connectivity index (χ2v) is 7.54. The Labute approximate surface area is 160 Å². The van der Waals surface area contributed by atoms with Gasteiger partial charge in [-0.1, -0.05) is 12.1 Å². The van der Waals surface area contributed by atoms with Crippen LogP contribution in [0.5, 0.6) is 5.75 Å². The van der Waals surface area contributed by atoms with E-state index in [-0.39, 0.29) is 11.9 Å². The first-order valence-electron chi connectivity index (χ1n) is 10.0. The van der Waals surface area contributed by atoms with Crippen LogP contribution in [0.15, 0.2) is 40.8 Å². The maximum atomic E-state index is 13.2. The van der Waals surface area contributed by atoms with Crippen molar-refractivity contribution in [2.45, 2.75) is 44.7 Å². The molecule has 0 aliphatic carbocycles. The van der Waals surface area contributed by atoms with Crippen molar-refractivity contribution < 1.29 is 13.9 Å². The first-order valence-corrected chi connectivity index (χ1v) is 10.0. The van der Waals surface area contributed by atoms with Crippen LogP contribution in [0.2, 0.25) is 0 Å². The van der Waals surface area contributed by atoms with E-state index in [0.29, 0.717) is 5.76 Å². The van der Waals surface area contributed by atoms with Crippen LogP contribution in [0.3, 0.4) is 0 Å². The Hall–Kier alpha value is -2.27. The van der Waals surface area contributed by atoms with E-state index in [1.807, 2.05) is 35.2 Å². The standard InChI is InChI=1S/C22H28N2O3/c1-26-18-8-6-7-17(15-18)20-9-2-3-14-24(20)22(25)21-11-10-19(27-21)16-23-12-4-5-13-23/h6-8,10-11,15,20H,2-5,9,12-14,16H2,1H3. The molecule has 1 unspecified atom stereocenters. The molecule has 1 aromatic heterocycles. The number of furan rings is 1. The van der Waals surface area contributed by atoms with Crippen molar-refractivity contribution in [1.82, 2.24) is 9.80 Å². The fourth-order valence-electron chi connectivity index (χ4n) is 4.25. The zero-order valence-corrected chi connectivity index (χ0v) is 16.0. The Kier molecular flexibility index (Phi) is 5.48. The normalized spacial score (nSPS) is 20.8. The lowest BCUT2D eigenvalue weighted by Gasteiger charge is -2.35. The number of likely N-dealkylation sites (tertiary alicyclic amines) is 2. The lowest BCUT2D eigenvalue weighted by atomic mass is 9.95. The summed E-state index contributed by atoms with van der Waals surface area (Å²) in [5.41, 5.74) is 1.13. The Balaban J connectivity index is 1.51. The summed E-state index contributed by atoms with van der Waals surface area (Å²) < 4.78 is 11.3. The van der Waals surface area contributed by atoms with Gasteiger partial charge >= 0.3 is 0 Å². The van der Waals surface area contributed by atoms with Gasteiger partial charge in [0, 0.05) is 6.54 Å². The molecule has 1 aromatic carbocycles. The smallest absolute Gasteiger partial charge is 0.290 e. The van der Waals surface area contributed by atoms with Crippen molar-refractivity contribution in [2.75, 3.05) is 26.7 Å². The molecule has 5 heteroatoms. The number of amides is 1. The molecule has 2 aromatic rings. The number of carbonyl (C=O) groups excluding carboxylic acids is 1. The molecule has 0 spiro atoms. The molecule has 3 heterocycles. The molecule has 2 saturated heterocycles. The molecular formula is C22H28N2O3. The highest BCUT2D eigenvalue weighted by molar-refractivity contribution is 5.92. The van der Waals surface area contributed by atoms with E-state index < -0.39 is 0 Å². The first kappa shape index (κ1) is 18.1. The van der Waals surface area contributed by atoms with Crippen molar-refractivity contribution >= 4 is 5.91 Å². The summed E-state index contributed by atoms with van der Waals surface area (Å²) in [6, 6.07) is 11.9. The van der Waals surface area contributed by atoms with Gasteiger partial charge in [0.2, 0.25) is 0 Å². The summed E-state index contributed by atoms with van der Waals surface area (Å²) >= 11 is 0. The van der Waals surface area contributed by atoms with Gasteiger partial charge in [-0.25, -0.2) is 0 Å². The van der Waals surface area contributed by atoms with E-state index in [1.54, 1.807) is 7.11 Å². The lowest BCUT2D eigenvalue weighted by molar-refractivity contribution is 0.0575.